The van der Waals surface area contributed by atoms with Crippen LogP contribution in [0.25, 0.3) is 10.9 Å². The van der Waals surface area contributed by atoms with Gasteiger partial charge in [-0.1, -0.05) is 6.07 Å². The molecule has 1 heterocycles. The molecule has 0 amide bonds. The third-order valence-electron chi connectivity index (χ3n) is 2.77. The van der Waals surface area contributed by atoms with Crippen LogP contribution in [0.3, 0.4) is 0 Å². The van der Waals surface area contributed by atoms with Crippen molar-refractivity contribution in [2.75, 3.05) is 7.11 Å². The maximum atomic E-state index is 11.0. The second-order valence-electron chi connectivity index (χ2n) is 4.01. The molecular weight excluding hydrogens is 236 g/mol. The Morgan fingerprint density at radius 1 is 1.50 bits per heavy atom. The summed E-state index contributed by atoms with van der Waals surface area (Å²) in [5.74, 6) is -0.564. The van der Waals surface area contributed by atoms with Gasteiger partial charge in [-0.05, 0) is 17.7 Å². The molecule has 0 saturated heterocycles. The fraction of sp³-hybridized carbons (Fsp3) is 0.333. The van der Waals surface area contributed by atoms with Gasteiger partial charge in [0.15, 0.2) is 0 Å². The Hall–Kier alpha value is -1.92. The summed E-state index contributed by atoms with van der Waals surface area (Å²) in [7, 11) is 1.24. The molecule has 0 spiro atoms. The van der Waals surface area contributed by atoms with Crippen LogP contribution in [-0.4, -0.2) is 39.6 Å². The van der Waals surface area contributed by atoms with Gasteiger partial charge in [0.25, 0.3) is 0 Å². The molecule has 96 valence electrons. The number of hydrogen-bond acceptors (Lipinski definition) is 5. The van der Waals surface area contributed by atoms with Gasteiger partial charge in [0.05, 0.1) is 31.3 Å². The summed E-state index contributed by atoms with van der Waals surface area (Å²) in [4.78, 5) is 11.0. The minimum absolute atomic E-state index is 0.249. The summed E-state index contributed by atoms with van der Waals surface area (Å²) in [6.07, 6.45) is -0.954. The number of benzene rings is 1. The van der Waals surface area contributed by atoms with Crippen LogP contribution in [0.4, 0.5) is 0 Å². The summed E-state index contributed by atoms with van der Waals surface area (Å²) < 4.78 is 4.44. The van der Waals surface area contributed by atoms with Gasteiger partial charge in [-0.2, -0.15) is 5.10 Å². The van der Waals surface area contributed by atoms with Crippen molar-refractivity contribution in [3.8, 4) is 0 Å². The molecule has 1 aromatic carbocycles. The summed E-state index contributed by atoms with van der Waals surface area (Å²) in [6, 6.07) is 5.14. The van der Waals surface area contributed by atoms with Gasteiger partial charge in [0.2, 0.25) is 0 Å². The minimum atomic E-state index is -1.19. The van der Waals surface area contributed by atoms with Crippen LogP contribution in [0.2, 0.25) is 0 Å². The molecule has 0 radical (unpaired) electrons. The van der Waals surface area contributed by atoms with Crippen molar-refractivity contribution in [1.29, 1.82) is 0 Å². The summed E-state index contributed by atoms with van der Waals surface area (Å²) in [5, 5.41) is 27.1. The predicted octanol–water partition coefficient (Wildman–Crippen LogP) is 0.520. The summed E-state index contributed by atoms with van der Waals surface area (Å²) in [6.45, 7) is 0. The predicted molar refractivity (Wildman–Crippen MR) is 63.7 cm³/mol. The van der Waals surface area contributed by atoms with Crippen molar-refractivity contribution in [3.63, 3.8) is 0 Å². The molecule has 2 unspecified atom stereocenters. The zero-order chi connectivity index (χ0) is 13.1. The van der Waals surface area contributed by atoms with E-state index in [1.807, 2.05) is 0 Å². The number of nitrogens with one attached hydrogen (secondary N) is 1. The first-order valence-corrected chi connectivity index (χ1v) is 5.48. The maximum Gasteiger partial charge on any atom is 0.308 e. The fourth-order valence-corrected chi connectivity index (χ4v) is 1.73. The van der Waals surface area contributed by atoms with Crippen molar-refractivity contribution >= 4 is 16.9 Å². The monoisotopic (exact) mass is 250 g/mol. The van der Waals surface area contributed by atoms with Crippen LogP contribution >= 0.6 is 0 Å². The van der Waals surface area contributed by atoms with E-state index in [-0.39, 0.29) is 6.42 Å². The number of ether oxygens (including phenoxy) is 1. The van der Waals surface area contributed by atoms with Gasteiger partial charge in [-0.3, -0.25) is 9.89 Å². The number of aromatic amines is 1. The quantitative estimate of drug-likeness (QED) is 0.687. The molecule has 0 bridgehead atoms. The maximum absolute atomic E-state index is 11.0. The largest absolute Gasteiger partial charge is 0.469 e. The molecule has 2 aromatic rings. The minimum Gasteiger partial charge on any atom is -0.469 e. The Kier molecular flexibility index (Phi) is 3.59. The highest BCUT2D eigenvalue weighted by molar-refractivity contribution is 5.78. The number of methoxy groups -OCH3 is 1. The van der Waals surface area contributed by atoms with Crippen LogP contribution in [0.5, 0.6) is 0 Å². The van der Waals surface area contributed by atoms with Crippen LogP contribution in [0.1, 0.15) is 18.1 Å². The average Bonchev–Trinajstić information content (AvgIpc) is 2.84. The van der Waals surface area contributed by atoms with Crippen molar-refractivity contribution < 1.29 is 19.7 Å². The first kappa shape index (κ1) is 12.5. The Labute approximate surface area is 103 Å². The smallest absolute Gasteiger partial charge is 0.308 e. The normalized spacial score (nSPS) is 14.4. The van der Waals surface area contributed by atoms with Crippen molar-refractivity contribution in [3.05, 3.63) is 30.0 Å². The second kappa shape index (κ2) is 5.16. The number of H-pyrrole nitrogens is 1. The van der Waals surface area contributed by atoms with E-state index < -0.39 is 18.2 Å². The molecule has 2 rings (SSSR count). The number of rotatable bonds is 4. The molecule has 0 aliphatic carbocycles. The van der Waals surface area contributed by atoms with Crippen LogP contribution in [0, 0.1) is 0 Å². The van der Waals surface area contributed by atoms with Gasteiger partial charge in [-0.15, -0.1) is 0 Å². The Balaban J connectivity index is 2.16. The number of fused-ring (bicyclic) bond motifs is 1. The van der Waals surface area contributed by atoms with E-state index >= 15 is 0 Å². The molecule has 1 aromatic heterocycles. The zero-order valence-electron chi connectivity index (χ0n) is 9.83. The number of aliphatic hydroxyl groups is 2. The highest BCUT2D eigenvalue weighted by Crippen LogP contribution is 2.22. The Morgan fingerprint density at radius 2 is 2.28 bits per heavy atom. The van der Waals surface area contributed by atoms with Crippen molar-refractivity contribution in [2.45, 2.75) is 18.6 Å². The van der Waals surface area contributed by atoms with E-state index in [1.165, 1.54) is 7.11 Å². The SMILES string of the molecule is COC(=O)CC(O)C(O)c1ccc2[nH]ncc2c1. The lowest BCUT2D eigenvalue weighted by atomic mass is 10.0. The highest BCUT2D eigenvalue weighted by Gasteiger charge is 2.22. The number of aromatic nitrogens is 2. The number of hydrogen-bond donors (Lipinski definition) is 3. The molecular formula is C12H14N2O4. The van der Waals surface area contributed by atoms with Gasteiger partial charge < -0.3 is 14.9 Å². The lowest BCUT2D eigenvalue weighted by Gasteiger charge is -2.17. The molecule has 2 atom stereocenters. The zero-order valence-corrected chi connectivity index (χ0v) is 9.83. The van der Waals surface area contributed by atoms with Gasteiger partial charge in [0.1, 0.15) is 6.10 Å². The molecule has 6 nitrogen and oxygen atoms in total. The third-order valence-corrected chi connectivity index (χ3v) is 2.77. The summed E-state index contributed by atoms with van der Waals surface area (Å²) in [5.41, 5.74) is 1.37. The second-order valence-corrected chi connectivity index (χ2v) is 4.01. The van der Waals surface area contributed by atoms with Gasteiger partial charge in [-0.25, -0.2) is 0 Å². The van der Waals surface area contributed by atoms with E-state index in [0.29, 0.717) is 5.56 Å². The van der Waals surface area contributed by atoms with Crippen LogP contribution < -0.4 is 0 Å². The first-order valence-electron chi connectivity index (χ1n) is 5.48. The molecule has 6 heteroatoms. The number of nitrogens with zero attached hydrogens (tertiary/aromatic N) is 1. The molecule has 0 fully saturated rings. The van der Waals surface area contributed by atoms with E-state index in [1.54, 1.807) is 24.4 Å². The van der Waals surface area contributed by atoms with Crippen LogP contribution in [0.15, 0.2) is 24.4 Å². The summed E-state index contributed by atoms with van der Waals surface area (Å²) >= 11 is 0. The van der Waals surface area contributed by atoms with Gasteiger partial charge in [0, 0.05) is 5.39 Å². The van der Waals surface area contributed by atoms with Crippen molar-refractivity contribution in [1.82, 2.24) is 10.2 Å². The number of esters is 1. The molecule has 0 aliphatic heterocycles. The van der Waals surface area contributed by atoms with E-state index in [2.05, 4.69) is 14.9 Å². The molecule has 0 saturated carbocycles. The van der Waals surface area contributed by atoms with Gasteiger partial charge >= 0.3 is 5.97 Å². The number of carbonyl (C=O) groups excluding carboxylic acids is 1. The topological polar surface area (TPSA) is 95.4 Å². The van der Waals surface area contributed by atoms with E-state index in [9.17, 15) is 15.0 Å². The standard InChI is InChI=1S/C12H14N2O4/c1-18-11(16)5-10(15)12(17)7-2-3-9-8(4-7)6-13-14-9/h2-4,6,10,12,15,17H,5H2,1H3,(H,13,14). The van der Waals surface area contributed by atoms with E-state index in [0.717, 1.165) is 10.9 Å². The number of carbonyl (C=O) groups is 1. The Morgan fingerprint density at radius 3 is 3.00 bits per heavy atom. The van der Waals surface area contributed by atoms with Crippen molar-refractivity contribution in [2.24, 2.45) is 0 Å². The number of aliphatic hydroxyl groups excluding tert-OH is 2. The molecule has 3 N–H and O–H groups in total. The van der Waals surface area contributed by atoms with E-state index in [4.69, 9.17) is 0 Å². The molecule has 0 aliphatic rings. The Bertz CT molecular complexity index is 552. The first-order chi connectivity index (χ1) is 8.61. The molecule has 18 heavy (non-hydrogen) atoms. The fourth-order valence-electron chi connectivity index (χ4n) is 1.73. The van der Waals surface area contributed by atoms with Crippen LogP contribution in [-0.2, 0) is 9.53 Å². The third kappa shape index (κ3) is 2.49. The average molecular weight is 250 g/mol. The lowest BCUT2D eigenvalue weighted by Crippen LogP contribution is -2.22. The highest BCUT2D eigenvalue weighted by atomic mass is 16.5. The lowest BCUT2D eigenvalue weighted by molar-refractivity contribution is -0.144.